The average molecular weight is 2140 g/mol. The summed E-state index contributed by atoms with van der Waals surface area (Å²) in [5.74, 6) is 0.571. The zero-order valence-corrected chi connectivity index (χ0v) is 85.9. The zero-order chi connectivity index (χ0) is 100. The minimum absolute atomic E-state index is 0. The Labute approximate surface area is 881 Å². The first-order chi connectivity index (χ1) is 67.5. The second-order valence-corrected chi connectivity index (χ2v) is 43.4. The van der Waals surface area contributed by atoms with Crippen LogP contribution in [0.3, 0.4) is 0 Å². The molecule has 5 saturated heterocycles. The first-order valence-corrected chi connectivity index (χ1v) is 51.9. The smallest absolute Gasteiger partial charge is 0.255 e. The fourth-order valence-electron chi connectivity index (χ4n) is 16.0. The molecule has 4 aromatic heterocycles. The lowest BCUT2D eigenvalue weighted by molar-refractivity contribution is 0.0828. The van der Waals surface area contributed by atoms with Crippen LogP contribution in [0.25, 0.3) is 22.5 Å². The molecule has 6 N–H and O–H groups in total. The number of aromatic nitrogens is 8. The van der Waals surface area contributed by atoms with E-state index in [2.05, 4.69) is 188 Å². The van der Waals surface area contributed by atoms with Crippen molar-refractivity contribution in [2.45, 2.75) is 90.8 Å². The first kappa shape index (κ1) is 118. The summed E-state index contributed by atoms with van der Waals surface area (Å²) in [5.41, 5.74) is 10.6. The molecule has 5 fully saturated rings. The van der Waals surface area contributed by atoms with Gasteiger partial charge < -0.3 is 56.4 Å². The number of carbonyl (C=O) groups excluding carboxylic acids is 1. The lowest BCUT2D eigenvalue weighted by Crippen LogP contribution is -2.43. The van der Waals surface area contributed by atoms with Crippen LogP contribution in [0, 0.1) is 11.6 Å². The maximum absolute atomic E-state index is 14.2. The van der Waals surface area contributed by atoms with Gasteiger partial charge in [0.15, 0.2) is 11.6 Å². The zero-order valence-electron chi connectivity index (χ0n) is 80.4. The van der Waals surface area contributed by atoms with Crippen LogP contribution >= 0.6 is 46.4 Å². The third kappa shape index (κ3) is 32.2. The maximum atomic E-state index is 14.2. The number of sulfonamides is 3. The highest BCUT2D eigenvalue weighted by atomic mass is 35.5. The van der Waals surface area contributed by atoms with Crippen LogP contribution in [0.2, 0.25) is 20.1 Å². The third-order valence-corrected chi connectivity index (χ3v) is 31.2. The number of benzene rings is 8. The summed E-state index contributed by atoms with van der Waals surface area (Å²) in [5, 5.41) is 19.9. The highest BCUT2D eigenvalue weighted by Crippen LogP contribution is 2.39. The molecule has 0 radical (unpaired) electrons. The van der Waals surface area contributed by atoms with E-state index in [4.69, 9.17) is 46.4 Å². The van der Waals surface area contributed by atoms with E-state index >= 15 is 0 Å². The van der Waals surface area contributed by atoms with Gasteiger partial charge in [-0.2, -0.15) is 14.3 Å². The van der Waals surface area contributed by atoms with Gasteiger partial charge in [-0.25, -0.2) is 72.5 Å². The number of para-hydroxylation sites is 2. The molecule has 1 amide bonds. The molecule has 0 spiro atoms. The molecule has 0 saturated carbocycles. The Morgan fingerprint density at radius 1 is 0.342 bits per heavy atom. The van der Waals surface area contributed by atoms with Crippen molar-refractivity contribution < 1.29 is 38.8 Å². The molecule has 8 aromatic carbocycles. The van der Waals surface area contributed by atoms with E-state index in [0.29, 0.717) is 58.6 Å². The highest BCUT2D eigenvalue weighted by Gasteiger charge is 2.33. The molecule has 786 valence electrons. The van der Waals surface area contributed by atoms with Crippen LogP contribution < -0.4 is 31.9 Å². The Morgan fingerprint density at radius 2 is 0.637 bits per heavy atom. The van der Waals surface area contributed by atoms with Gasteiger partial charge in [0.25, 0.3) is 5.91 Å². The van der Waals surface area contributed by atoms with Gasteiger partial charge in [0, 0.05) is 220 Å². The number of anilines is 12. The van der Waals surface area contributed by atoms with E-state index in [9.17, 15) is 38.8 Å². The number of hydrogen-bond donors (Lipinski definition) is 6. The van der Waals surface area contributed by atoms with Crippen LogP contribution in [-0.2, 0) is 56.2 Å². The fourth-order valence-corrected chi connectivity index (χ4v) is 20.5. The summed E-state index contributed by atoms with van der Waals surface area (Å²) < 4.78 is 109. The van der Waals surface area contributed by atoms with Gasteiger partial charge in [0.2, 0.25) is 53.9 Å². The number of carbonyl (C=O) groups is 1. The number of nitrogens with one attached hydrogen (secondary N) is 6. The lowest BCUT2D eigenvalue weighted by Gasteiger charge is -2.32. The largest absolute Gasteiger partial charge is 0.345 e. The molecule has 0 unspecified atom stereocenters. The van der Waals surface area contributed by atoms with E-state index in [-0.39, 0.29) is 107 Å². The Kier molecular flexibility index (Phi) is 44.3. The summed E-state index contributed by atoms with van der Waals surface area (Å²) in [6, 6.07) is 53.6. The molecule has 0 aliphatic carbocycles. The number of nitrogens with zero attached hydrogens (tertiary/aromatic N) is 20. The molecule has 33 nitrogen and oxygen atoms in total. The molecule has 9 heterocycles. The van der Waals surface area contributed by atoms with Crippen LogP contribution in [0.15, 0.2) is 221 Å². The molecular formula is C104H138Cl4F2N26O7S3. The molecule has 0 atom stereocenters. The summed E-state index contributed by atoms with van der Waals surface area (Å²) in [4.78, 5) is 68.0. The van der Waals surface area contributed by atoms with Crippen LogP contribution in [-0.4, -0.2) is 316 Å². The van der Waals surface area contributed by atoms with Crippen LogP contribution in [0.1, 0.15) is 82.6 Å². The molecular weight excluding hydrogens is 2000 g/mol. The number of rotatable bonds is 29. The predicted octanol–water partition coefficient (Wildman–Crippen LogP) is 18.8. The van der Waals surface area contributed by atoms with Crippen molar-refractivity contribution in [3.63, 3.8) is 0 Å². The Morgan fingerprint density at radius 3 is 0.979 bits per heavy atom. The lowest BCUT2D eigenvalue weighted by atomic mass is 10.1. The van der Waals surface area contributed by atoms with Gasteiger partial charge in [0.05, 0.1) is 72.9 Å². The Hall–Kier alpha value is -11.2. The third-order valence-electron chi connectivity index (χ3n) is 24.4. The van der Waals surface area contributed by atoms with Crippen molar-refractivity contribution in [3.05, 3.63) is 266 Å². The Balaban J connectivity index is 0.000000214. The van der Waals surface area contributed by atoms with Crippen LogP contribution in [0.4, 0.5) is 78.3 Å². The maximum Gasteiger partial charge on any atom is 0.255 e. The van der Waals surface area contributed by atoms with E-state index in [1.165, 1.54) is 115 Å². The topological polar surface area (TPSA) is 334 Å². The van der Waals surface area contributed by atoms with E-state index in [1.807, 2.05) is 66.7 Å². The number of halogens is 6. The van der Waals surface area contributed by atoms with Crippen molar-refractivity contribution in [2.24, 2.45) is 0 Å². The monoisotopic (exact) mass is 2140 g/mol. The number of hydrogen-bond acceptors (Lipinski definition) is 29. The first-order valence-electron chi connectivity index (χ1n) is 46.1. The standard InChI is InChI=1S/C26H30ClFN6O2S.C25H30ClN7O.C24H28ClFN6O2S.C24H30ClN7O2S.5CH4/c1-32-12-14-33(15-13-32)18-19-4-7-21(8-5-19)30-26-29-17-23(27)25(31-26)22-9-6-20(28)16-24(22)37(35,36)34-10-2-3-11-34;1-31(2)24(34)20-6-4-5-7-22(20)29-23-21(26)16-27-25(30-23)28-19-10-8-18(9-11-19)17-33-14-12-32(3)13-15-33;1-30(2)35(33,34)22-14-18(26)6-9-20(22)23-21(25)15-27-24(29-23)28-19-7-4-17(5-8-19)16-32-12-10-31(3)11-13-32;1-30(2)35(33,34)22-7-5-4-6-21(22)28-23-20(25)16-26-24(29-23)27-19-10-8-18(9-11-19)17-32-14-12-31(3)13-15-32;;;;;/h4-9,16-17H,2-3,10-15,18H2,1H3,(H,29,30,31);4-11,16H,12-15,17H2,1-3H3,(H2,27,28,29,30);4-9,14-15H,10-13,16H2,1-3H3,(H,27,28,29);4-11,16H,12-15,17H2,1-3H3,(H2,26,27,28,29);5*1H4. The average Bonchev–Trinajstić information content (AvgIpc) is 1.45. The predicted molar refractivity (Wildman–Crippen MR) is 590 cm³/mol. The quantitative estimate of drug-likeness (QED) is 0.0254. The van der Waals surface area contributed by atoms with Gasteiger partial charge in [-0.05, 0) is 172 Å². The van der Waals surface area contributed by atoms with Crippen molar-refractivity contribution in [3.8, 4) is 22.5 Å². The van der Waals surface area contributed by atoms with Gasteiger partial charge in [-0.1, -0.05) is 156 Å². The second-order valence-electron chi connectivity index (χ2n) is 35.6. The van der Waals surface area contributed by atoms with E-state index < -0.39 is 41.7 Å². The SMILES string of the molecule is C.C.C.C.C.CN1CCN(Cc2ccc(Nc3ncc(Cl)c(-c4ccc(F)cc4S(=O)(=O)N(C)C)n3)cc2)CC1.CN1CCN(Cc2ccc(Nc3ncc(Cl)c(-c4ccc(F)cc4S(=O)(=O)N4CCCC4)n3)cc2)CC1.CN1CCN(Cc2ccc(Nc3ncc(Cl)c(Nc4ccccc4C(=O)N(C)C)n3)cc2)CC1.CN1CCN(Cc2ccc(Nc3ncc(Cl)c(Nc4ccccc4S(=O)(=O)N(C)C)n3)cc2)CC1. The fraction of sp³-hybridized carbons (Fsp3) is 0.375. The minimum Gasteiger partial charge on any atom is -0.345 e. The second kappa shape index (κ2) is 54.6. The summed E-state index contributed by atoms with van der Waals surface area (Å²) in [6.45, 7) is 21.7. The normalized spacial score (nSPS) is 15.3. The molecule has 42 heteroatoms. The van der Waals surface area contributed by atoms with Gasteiger partial charge >= 0.3 is 0 Å². The van der Waals surface area contributed by atoms with Crippen molar-refractivity contribution in [1.82, 2.24) is 96.9 Å². The summed E-state index contributed by atoms with van der Waals surface area (Å²) >= 11 is 25.4. The number of amides is 1. The van der Waals surface area contributed by atoms with E-state index in [1.54, 1.807) is 38.4 Å². The highest BCUT2D eigenvalue weighted by molar-refractivity contribution is 7.89. The molecule has 0 bridgehead atoms. The number of piperazine rings is 4. The molecule has 5 aliphatic rings. The van der Waals surface area contributed by atoms with Gasteiger partial charge in [-0.15, -0.1) is 0 Å². The molecule has 17 rings (SSSR count). The molecule has 12 aromatic rings. The van der Waals surface area contributed by atoms with Gasteiger partial charge in [0.1, 0.15) is 26.6 Å². The number of likely N-dealkylation sites (N-methyl/N-ethyl adjacent to an activating group) is 4. The molecule has 5 aliphatic heterocycles. The minimum atomic E-state index is -3.94. The molecule has 146 heavy (non-hydrogen) atoms. The summed E-state index contributed by atoms with van der Waals surface area (Å²) in [6.07, 6.45) is 7.38. The van der Waals surface area contributed by atoms with Crippen molar-refractivity contribution in [2.75, 3.05) is 220 Å². The van der Waals surface area contributed by atoms with Gasteiger partial charge in [-0.3, -0.25) is 24.4 Å². The van der Waals surface area contributed by atoms with Crippen LogP contribution in [0.5, 0.6) is 0 Å². The van der Waals surface area contributed by atoms with Crippen molar-refractivity contribution in [1.29, 1.82) is 0 Å². The van der Waals surface area contributed by atoms with Crippen molar-refractivity contribution >= 4 is 152 Å². The Bertz CT molecular complexity index is 6630. The summed E-state index contributed by atoms with van der Waals surface area (Å²) in [7, 11) is 6.28. The van der Waals surface area contributed by atoms with E-state index in [0.717, 1.165) is 187 Å².